The number of hydrogen-bond acceptors (Lipinski definition) is 5. The molecular formula is C21H20N2O4S. The van der Waals surface area contributed by atoms with Crippen LogP contribution in [0.1, 0.15) is 23.2 Å². The van der Waals surface area contributed by atoms with Gasteiger partial charge in [0.15, 0.2) is 5.76 Å². The first-order chi connectivity index (χ1) is 13.6. The zero-order chi connectivity index (χ0) is 19.8. The molecule has 1 heterocycles. The van der Waals surface area contributed by atoms with Crippen molar-refractivity contribution in [2.24, 2.45) is 0 Å². The van der Waals surface area contributed by atoms with Gasteiger partial charge in [0.1, 0.15) is 18.1 Å². The highest BCUT2D eigenvalue weighted by molar-refractivity contribution is 8.00. The van der Waals surface area contributed by atoms with Gasteiger partial charge in [-0.3, -0.25) is 20.4 Å². The van der Waals surface area contributed by atoms with E-state index in [-0.39, 0.29) is 23.5 Å². The van der Waals surface area contributed by atoms with Crippen LogP contribution >= 0.6 is 11.8 Å². The lowest BCUT2D eigenvalue weighted by Gasteiger charge is -2.12. The molecule has 3 rings (SSSR count). The van der Waals surface area contributed by atoms with Gasteiger partial charge in [-0.1, -0.05) is 36.4 Å². The second kappa shape index (κ2) is 9.66. The summed E-state index contributed by atoms with van der Waals surface area (Å²) >= 11 is 1.40. The van der Waals surface area contributed by atoms with E-state index < -0.39 is 5.91 Å². The Kier molecular flexibility index (Phi) is 6.75. The van der Waals surface area contributed by atoms with Gasteiger partial charge in [0.2, 0.25) is 0 Å². The maximum atomic E-state index is 12.2. The molecule has 1 aromatic heterocycles. The summed E-state index contributed by atoms with van der Waals surface area (Å²) in [5, 5.41) is -0.367. The lowest BCUT2D eigenvalue weighted by molar-refractivity contribution is -0.121. The number of rotatable bonds is 7. The standard InChI is InChI=1S/C21H20N2O4S/c1-15(28-18-10-6-3-7-11-18)20(24)22-23-21(25)19-13-12-17(27-19)14-26-16-8-4-2-5-9-16/h2-13,15H,14H2,1H3,(H,22,24)(H,23,25). The van der Waals surface area contributed by atoms with Crippen LogP contribution in [0.5, 0.6) is 5.75 Å². The minimum Gasteiger partial charge on any atom is -0.486 e. The molecule has 0 fully saturated rings. The first-order valence-corrected chi connectivity index (χ1v) is 9.58. The molecule has 0 aliphatic carbocycles. The van der Waals surface area contributed by atoms with E-state index in [1.54, 1.807) is 13.0 Å². The van der Waals surface area contributed by atoms with Gasteiger partial charge in [0.25, 0.3) is 5.91 Å². The van der Waals surface area contributed by atoms with Crippen LogP contribution in [0.15, 0.2) is 82.1 Å². The van der Waals surface area contributed by atoms with Crippen molar-refractivity contribution in [3.8, 4) is 5.75 Å². The third kappa shape index (κ3) is 5.65. The summed E-state index contributed by atoms with van der Waals surface area (Å²) in [6, 6.07) is 22.1. The van der Waals surface area contributed by atoms with Gasteiger partial charge in [0, 0.05) is 4.90 Å². The molecule has 0 saturated heterocycles. The molecule has 0 aliphatic rings. The lowest BCUT2D eigenvalue weighted by Crippen LogP contribution is -2.44. The topological polar surface area (TPSA) is 80.6 Å². The number of furan rings is 1. The number of hydrazine groups is 1. The average molecular weight is 396 g/mol. The molecule has 0 spiro atoms. The van der Waals surface area contributed by atoms with Crippen molar-refractivity contribution in [3.05, 3.63) is 84.3 Å². The van der Waals surface area contributed by atoms with Crippen molar-refractivity contribution in [3.63, 3.8) is 0 Å². The molecule has 3 aromatic rings. The number of para-hydroxylation sites is 1. The third-order valence-electron chi connectivity index (χ3n) is 3.73. The third-order valence-corrected chi connectivity index (χ3v) is 4.85. The Bertz CT molecular complexity index is 912. The van der Waals surface area contributed by atoms with E-state index in [1.807, 2.05) is 60.7 Å². The Labute approximate surface area is 167 Å². The molecule has 7 heteroatoms. The molecule has 0 saturated carbocycles. The monoisotopic (exact) mass is 396 g/mol. The van der Waals surface area contributed by atoms with Gasteiger partial charge in [-0.25, -0.2) is 0 Å². The van der Waals surface area contributed by atoms with Crippen LogP contribution < -0.4 is 15.6 Å². The van der Waals surface area contributed by atoms with Crippen molar-refractivity contribution >= 4 is 23.6 Å². The first-order valence-electron chi connectivity index (χ1n) is 8.70. The largest absolute Gasteiger partial charge is 0.486 e. The second-order valence-electron chi connectivity index (χ2n) is 5.88. The van der Waals surface area contributed by atoms with E-state index in [0.29, 0.717) is 11.5 Å². The number of carbonyl (C=O) groups excluding carboxylic acids is 2. The fraction of sp³-hybridized carbons (Fsp3) is 0.143. The van der Waals surface area contributed by atoms with E-state index in [2.05, 4.69) is 10.9 Å². The molecule has 1 unspecified atom stereocenters. The van der Waals surface area contributed by atoms with Crippen LogP contribution in [0, 0.1) is 0 Å². The Morgan fingerprint density at radius 1 is 0.964 bits per heavy atom. The fourth-order valence-corrected chi connectivity index (χ4v) is 3.18. The van der Waals surface area contributed by atoms with Crippen molar-refractivity contribution in [2.45, 2.75) is 23.7 Å². The van der Waals surface area contributed by atoms with E-state index in [0.717, 1.165) is 4.90 Å². The van der Waals surface area contributed by atoms with Crippen LogP contribution in [0.25, 0.3) is 0 Å². The minimum atomic E-state index is -0.531. The van der Waals surface area contributed by atoms with Gasteiger partial charge >= 0.3 is 5.91 Å². The quantitative estimate of drug-likeness (QED) is 0.469. The molecule has 28 heavy (non-hydrogen) atoms. The van der Waals surface area contributed by atoms with Gasteiger partial charge in [0.05, 0.1) is 5.25 Å². The van der Waals surface area contributed by atoms with Crippen molar-refractivity contribution in [1.29, 1.82) is 0 Å². The summed E-state index contributed by atoms with van der Waals surface area (Å²) in [4.78, 5) is 25.3. The summed E-state index contributed by atoms with van der Waals surface area (Å²) in [5.41, 5.74) is 4.78. The molecule has 2 aromatic carbocycles. The summed E-state index contributed by atoms with van der Waals surface area (Å²) in [7, 11) is 0. The number of hydrogen-bond donors (Lipinski definition) is 2. The van der Waals surface area contributed by atoms with Crippen LogP contribution in [-0.2, 0) is 11.4 Å². The zero-order valence-electron chi connectivity index (χ0n) is 15.3. The predicted octanol–water partition coefficient (Wildman–Crippen LogP) is 3.80. The van der Waals surface area contributed by atoms with Gasteiger partial charge in [-0.2, -0.15) is 0 Å². The number of ether oxygens (including phenoxy) is 1. The van der Waals surface area contributed by atoms with E-state index in [9.17, 15) is 9.59 Å². The van der Waals surface area contributed by atoms with Crippen LogP contribution in [-0.4, -0.2) is 17.1 Å². The highest BCUT2D eigenvalue weighted by Gasteiger charge is 2.17. The summed E-state index contributed by atoms with van der Waals surface area (Å²) in [6.45, 7) is 1.97. The minimum absolute atomic E-state index is 0.0929. The van der Waals surface area contributed by atoms with Crippen LogP contribution in [0.2, 0.25) is 0 Å². The Balaban J connectivity index is 1.45. The second-order valence-corrected chi connectivity index (χ2v) is 7.30. The maximum absolute atomic E-state index is 12.2. The molecule has 0 aliphatic heterocycles. The van der Waals surface area contributed by atoms with Gasteiger partial charge in [-0.05, 0) is 43.3 Å². The number of nitrogens with one attached hydrogen (secondary N) is 2. The molecule has 2 N–H and O–H groups in total. The number of benzene rings is 2. The summed E-state index contributed by atoms with van der Waals surface area (Å²) in [6.07, 6.45) is 0. The number of thioether (sulfide) groups is 1. The average Bonchev–Trinajstić information content (AvgIpc) is 3.21. The SMILES string of the molecule is CC(Sc1ccccc1)C(=O)NNC(=O)c1ccc(COc2ccccc2)o1. The van der Waals surface area contributed by atoms with Crippen LogP contribution in [0.3, 0.4) is 0 Å². The van der Waals surface area contributed by atoms with Gasteiger partial charge in [-0.15, -0.1) is 11.8 Å². The first kappa shape index (κ1) is 19.6. The zero-order valence-corrected chi connectivity index (χ0v) is 16.1. The molecule has 0 radical (unpaired) electrons. The molecule has 6 nitrogen and oxygen atoms in total. The molecule has 1 atom stereocenters. The van der Waals surface area contributed by atoms with E-state index in [4.69, 9.17) is 9.15 Å². The van der Waals surface area contributed by atoms with E-state index in [1.165, 1.54) is 17.8 Å². The van der Waals surface area contributed by atoms with Crippen molar-refractivity contribution in [1.82, 2.24) is 10.9 Å². The van der Waals surface area contributed by atoms with Gasteiger partial charge < -0.3 is 9.15 Å². The predicted molar refractivity (Wildman–Crippen MR) is 107 cm³/mol. The number of amides is 2. The Morgan fingerprint density at radius 2 is 1.64 bits per heavy atom. The molecular weight excluding hydrogens is 376 g/mol. The highest BCUT2D eigenvalue weighted by Crippen LogP contribution is 2.22. The smallest absolute Gasteiger partial charge is 0.305 e. The van der Waals surface area contributed by atoms with Crippen molar-refractivity contribution in [2.75, 3.05) is 0 Å². The summed E-state index contributed by atoms with van der Waals surface area (Å²) < 4.78 is 11.0. The fourth-order valence-electron chi connectivity index (χ4n) is 2.29. The van der Waals surface area contributed by atoms with E-state index >= 15 is 0 Å². The number of carbonyl (C=O) groups is 2. The maximum Gasteiger partial charge on any atom is 0.305 e. The lowest BCUT2D eigenvalue weighted by atomic mass is 10.3. The molecule has 2 amide bonds. The van der Waals surface area contributed by atoms with Crippen LogP contribution in [0.4, 0.5) is 0 Å². The van der Waals surface area contributed by atoms with Crippen molar-refractivity contribution < 1.29 is 18.7 Å². The molecule has 0 bridgehead atoms. The summed E-state index contributed by atoms with van der Waals surface area (Å²) in [5.74, 6) is 0.475. The normalized spacial score (nSPS) is 11.5. The molecule has 144 valence electrons. The highest BCUT2D eigenvalue weighted by atomic mass is 32.2. The Morgan fingerprint density at radius 3 is 2.36 bits per heavy atom. The Hall–Kier alpha value is -3.19.